The van der Waals surface area contributed by atoms with Crippen LogP contribution in [0.4, 0.5) is 35.1 Å². The van der Waals surface area contributed by atoms with Crippen LogP contribution in [-0.2, 0) is 19.1 Å². The predicted molar refractivity (Wildman–Crippen MR) is 123 cm³/mol. The molecule has 2 atom stereocenters. The maximum atomic E-state index is 12.9. The molecule has 0 N–H and O–H groups in total. The highest BCUT2D eigenvalue weighted by Gasteiger charge is 2.75. The third-order valence-corrected chi connectivity index (χ3v) is 3.98. The van der Waals surface area contributed by atoms with Gasteiger partial charge in [-0.1, -0.05) is 57.4 Å². The van der Waals surface area contributed by atoms with E-state index in [2.05, 4.69) is 4.74 Å². The summed E-state index contributed by atoms with van der Waals surface area (Å²) in [4.78, 5) is 22.2. The molecule has 0 aromatic heterocycles. The van der Waals surface area contributed by atoms with Gasteiger partial charge in [0.05, 0.1) is 11.8 Å². The van der Waals surface area contributed by atoms with Crippen LogP contribution in [-0.4, -0.2) is 48.3 Å². The molecule has 12 heteroatoms. The minimum atomic E-state index is -6.36. The van der Waals surface area contributed by atoms with Crippen LogP contribution >= 0.6 is 0 Å². The zero-order valence-corrected chi connectivity index (χ0v) is 18.5. The second kappa shape index (κ2) is 17.8. The molecule has 0 fully saturated rings. The Morgan fingerprint density at radius 3 is 1.37 bits per heavy atom. The summed E-state index contributed by atoms with van der Waals surface area (Å²) >= 11 is 0. The van der Waals surface area contributed by atoms with Gasteiger partial charge in [-0.2, -0.15) is 26.3 Å². The normalized spacial score (nSPS) is 13.3. The van der Waals surface area contributed by atoms with Crippen molar-refractivity contribution in [1.82, 2.24) is 0 Å². The number of halogens is 8. The van der Waals surface area contributed by atoms with Crippen LogP contribution in [0, 0.1) is 11.8 Å². The van der Waals surface area contributed by atoms with Gasteiger partial charge in [0, 0.05) is 0 Å². The Labute approximate surface area is 206 Å². The molecule has 2 unspecified atom stereocenters. The van der Waals surface area contributed by atoms with Crippen molar-refractivity contribution < 1.29 is 54.2 Å². The van der Waals surface area contributed by atoms with Crippen molar-refractivity contribution in [3.8, 4) is 0 Å². The number of hydrogen-bond donors (Lipinski definition) is 0. The van der Waals surface area contributed by atoms with E-state index < -0.39 is 42.7 Å². The smallest absolute Gasteiger partial charge is 0.381 e. The van der Waals surface area contributed by atoms with Gasteiger partial charge >= 0.3 is 36.1 Å². The molecule has 0 aromatic rings. The lowest BCUT2D eigenvalue weighted by Gasteiger charge is -2.31. The third kappa shape index (κ3) is 14.5. The second-order valence-electron chi connectivity index (χ2n) is 7.96. The van der Waals surface area contributed by atoms with Crippen LogP contribution in [0.2, 0.25) is 0 Å². The van der Waals surface area contributed by atoms with Crippen molar-refractivity contribution >= 4 is 11.9 Å². The summed E-state index contributed by atoms with van der Waals surface area (Å²) in [5, 5.41) is 0. The summed E-state index contributed by atoms with van der Waals surface area (Å²) in [6.45, 7) is 9.79. The van der Waals surface area contributed by atoms with E-state index >= 15 is 0 Å². The first kappa shape index (κ1) is 46.7. The van der Waals surface area contributed by atoms with Gasteiger partial charge in [0.15, 0.2) is 6.61 Å². The average molecular weight is 539 g/mol. The number of carbonyl (C=O) groups is 2. The van der Waals surface area contributed by atoms with Crippen molar-refractivity contribution in [1.29, 1.82) is 0 Å². The van der Waals surface area contributed by atoms with Gasteiger partial charge in [0.1, 0.15) is 5.60 Å². The summed E-state index contributed by atoms with van der Waals surface area (Å²) < 4.78 is 109. The molecule has 218 valence electrons. The molecule has 0 radical (unpaired) electrons. The van der Waals surface area contributed by atoms with Crippen molar-refractivity contribution in [2.45, 2.75) is 121 Å². The Hall–Kier alpha value is -1.62. The number of hydrogen-bond acceptors (Lipinski definition) is 4. The van der Waals surface area contributed by atoms with Crippen molar-refractivity contribution in [2.24, 2.45) is 11.8 Å². The average Bonchev–Trinajstić information content (AvgIpc) is 2.63. The third-order valence-electron chi connectivity index (χ3n) is 3.98. The van der Waals surface area contributed by atoms with E-state index in [-0.39, 0.29) is 53.6 Å². The van der Waals surface area contributed by atoms with Crippen LogP contribution in [0.5, 0.6) is 0 Å². The van der Waals surface area contributed by atoms with Crippen molar-refractivity contribution in [2.75, 3.05) is 6.61 Å². The summed E-state index contributed by atoms with van der Waals surface area (Å²) in [5.74, 6) is -20.5. The summed E-state index contributed by atoms with van der Waals surface area (Å²) in [5.41, 5.74) is -0.347. The van der Waals surface area contributed by atoms with Crippen LogP contribution < -0.4 is 0 Å². The first-order valence-electron chi connectivity index (χ1n) is 9.48. The Balaban J connectivity index is -0.000000122. The maximum Gasteiger partial charge on any atom is 0.381 e. The summed E-state index contributed by atoms with van der Waals surface area (Å²) in [6, 6.07) is 0. The minimum absolute atomic E-state index is 0. The van der Waals surface area contributed by atoms with Crippen LogP contribution in [0.3, 0.4) is 0 Å². The van der Waals surface area contributed by atoms with Crippen LogP contribution in [0.1, 0.15) is 91.0 Å². The molecular weight excluding hydrogens is 492 g/mol. The van der Waals surface area contributed by atoms with Crippen LogP contribution in [0.15, 0.2) is 0 Å². The van der Waals surface area contributed by atoms with E-state index in [1.165, 1.54) is 13.8 Å². The van der Waals surface area contributed by atoms with Crippen LogP contribution in [0.25, 0.3) is 0 Å². The molecule has 0 rings (SSSR count). The monoisotopic (exact) mass is 538 g/mol. The fourth-order valence-electron chi connectivity index (χ4n) is 1.51. The lowest BCUT2D eigenvalue weighted by Crippen LogP contribution is -2.59. The number of alkyl halides is 8. The Bertz CT molecular complexity index is 576. The lowest BCUT2D eigenvalue weighted by molar-refractivity contribution is -0.344. The van der Waals surface area contributed by atoms with Gasteiger partial charge in [-0.3, -0.25) is 9.59 Å². The highest BCUT2D eigenvalue weighted by Crippen LogP contribution is 2.48. The van der Waals surface area contributed by atoms with Gasteiger partial charge in [-0.05, 0) is 33.6 Å². The minimum Gasteiger partial charge on any atom is -0.460 e. The molecule has 0 amide bonds. The quantitative estimate of drug-likeness (QED) is 0.218. The number of carbonyl (C=O) groups excluding carboxylic acids is 2. The van der Waals surface area contributed by atoms with E-state index in [9.17, 15) is 44.7 Å². The van der Waals surface area contributed by atoms with E-state index in [1.807, 2.05) is 34.6 Å². The SMILES string of the molecule is C.C.C.C.CCC(C)C(=O)OC(C)(C)C.CCC(C)C(=O)OCC(F)(F)C(F)(F)C(F)(F)C(F)F. The Morgan fingerprint density at radius 1 is 0.743 bits per heavy atom. The molecule has 0 spiro atoms. The van der Waals surface area contributed by atoms with Crippen molar-refractivity contribution in [3.63, 3.8) is 0 Å². The van der Waals surface area contributed by atoms with E-state index in [1.54, 1.807) is 0 Å². The van der Waals surface area contributed by atoms with Crippen molar-refractivity contribution in [3.05, 3.63) is 0 Å². The fourth-order valence-corrected chi connectivity index (χ4v) is 1.51. The summed E-state index contributed by atoms with van der Waals surface area (Å²) in [7, 11) is 0. The van der Waals surface area contributed by atoms with Gasteiger partial charge in [-0.25, -0.2) is 8.78 Å². The molecule has 0 saturated heterocycles. The first-order valence-corrected chi connectivity index (χ1v) is 9.48. The highest BCUT2D eigenvalue weighted by atomic mass is 19.4. The zero-order chi connectivity index (χ0) is 25.4. The molecule has 35 heavy (non-hydrogen) atoms. The highest BCUT2D eigenvalue weighted by molar-refractivity contribution is 5.72. The maximum absolute atomic E-state index is 12.9. The Kier molecular flexibility index (Phi) is 23.7. The molecule has 0 heterocycles. The standard InChI is InChI=1S/C10H12F8O2.C9H18O2.4CH4/c1-3-5(2)6(19)20-4-8(13,14)10(17,18)9(15,16)7(11)12;1-6-7(2)8(10)11-9(3,4)5;;;;/h5,7H,3-4H2,1-2H3;7H,6H2,1-5H3;4*1H4. The molecule has 0 bridgehead atoms. The van der Waals surface area contributed by atoms with E-state index in [0.717, 1.165) is 6.42 Å². The first-order chi connectivity index (χ1) is 13.7. The molecule has 0 aromatic carbocycles. The Morgan fingerprint density at radius 2 is 1.09 bits per heavy atom. The van der Waals surface area contributed by atoms with E-state index in [0.29, 0.717) is 0 Å². The topological polar surface area (TPSA) is 52.6 Å². The molecule has 0 aliphatic heterocycles. The fraction of sp³-hybridized carbons (Fsp3) is 0.913. The number of esters is 2. The van der Waals surface area contributed by atoms with Gasteiger partial charge < -0.3 is 9.47 Å². The number of rotatable bonds is 9. The second-order valence-corrected chi connectivity index (χ2v) is 7.96. The zero-order valence-electron chi connectivity index (χ0n) is 18.5. The molecule has 0 aliphatic carbocycles. The number of ether oxygens (including phenoxy) is 2. The van der Waals surface area contributed by atoms with Gasteiger partial charge in [0.2, 0.25) is 0 Å². The largest absolute Gasteiger partial charge is 0.460 e. The molecule has 0 aliphatic rings. The molecule has 4 nitrogen and oxygen atoms in total. The predicted octanol–water partition coefficient (Wildman–Crippen LogP) is 8.67. The molecular formula is C23H46F8O4. The van der Waals surface area contributed by atoms with E-state index in [4.69, 9.17) is 4.74 Å². The van der Waals surface area contributed by atoms with Gasteiger partial charge in [-0.15, -0.1) is 0 Å². The molecule has 0 saturated carbocycles. The van der Waals surface area contributed by atoms with Gasteiger partial charge in [0.25, 0.3) is 0 Å². The lowest BCUT2D eigenvalue weighted by atomic mass is 10.1. The summed E-state index contributed by atoms with van der Waals surface area (Å²) in [6.07, 6.45) is -4.02.